The zero-order chi connectivity index (χ0) is 20.5. The van der Waals surface area contributed by atoms with Crippen LogP contribution in [0.5, 0.6) is 0 Å². The van der Waals surface area contributed by atoms with Crippen LogP contribution in [0.25, 0.3) is 0 Å². The Morgan fingerprint density at radius 3 is 2.93 bits per heavy atom. The summed E-state index contributed by atoms with van der Waals surface area (Å²) in [4.78, 5) is 57.4. The maximum absolute atomic E-state index is 12.9. The summed E-state index contributed by atoms with van der Waals surface area (Å²) in [6.45, 7) is 3.68. The molecular formula is C19H23N5O5. The van der Waals surface area contributed by atoms with Gasteiger partial charge in [0.2, 0.25) is 11.6 Å². The van der Waals surface area contributed by atoms with E-state index in [0.29, 0.717) is 32.5 Å². The molecule has 3 aliphatic rings. The number of aromatic nitrogens is 2. The van der Waals surface area contributed by atoms with Gasteiger partial charge in [0.1, 0.15) is 11.8 Å². The minimum Gasteiger partial charge on any atom is -0.356 e. The van der Waals surface area contributed by atoms with Gasteiger partial charge in [0.05, 0.1) is 19.5 Å². The van der Waals surface area contributed by atoms with Crippen LogP contribution in [0, 0.1) is 0 Å². The second-order valence-corrected chi connectivity index (χ2v) is 7.45. The molecule has 1 unspecified atom stereocenters. The molecule has 4 rings (SSSR count). The molecule has 10 heteroatoms. The minimum absolute atomic E-state index is 0.0597. The number of ether oxygens (including phenoxy) is 1. The van der Waals surface area contributed by atoms with Crippen LogP contribution < -0.4 is 5.32 Å². The summed E-state index contributed by atoms with van der Waals surface area (Å²) in [7, 11) is 0. The molecule has 154 valence electrons. The quantitative estimate of drug-likeness (QED) is 0.294. The summed E-state index contributed by atoms with van der Waals surface area (Å²) in [6, 6.07) is -1.27. The second-order valence-electron chi connectivity index (χ2n) is 7.45. The summed E-state index contributed by atoms with van der Waals surface area (Å²) < 4.78 is 7.55. The SMILES string of the molecule is C[C@@H]1CCO[C@H]2CN3C=C(C(=O)NCCCn4ccnc4)C(=O)C(=O)C3C(=O)N12. The van der Waals surface area contributed by atoms with E-state index in [1.807, 2.05) is 17.7 Å². The highest BCUT2D eigenvalue weighted by molar-refractivity contribution is 6.53. The third-order valence-electron chi connectivity index (χ3n) is 5.51. The molecule has 0 bridgehead atoms. The van der Waals surface area contributed by atoms with Crippen molar-refractivity contribution in [2.45, 2.75) is 44.6 Å². The predicted molar refractivity (Wildman–Crippen MR) is 99.1 cm³/mol. The van der Waals surface area contributed by atoms with Crippen LogP contribution >= 0.6 is 0 Å². The fraction of sp³-hybridized carbons (Fsp3) is 0.526. The van der Waals surface area contributed by atoms with Gasteiger partial charge in [-0.15, -0.1) is 0 Å². The Labute approximate surface area is 167 Å². The zero-order valence-corrected chi connectivity index (χ0v) is 16.1. The van der Waals surface area contributed by atoms with E-state index in [1.54, 1.807) is 17.4 Å². The Balaban J connectivity index is 1.44. The Kier molecular flexibility index (Phi) is 5.18. The van der Waals surface area contributed by atoms with Gasteiger partial charge in [-0.1, -0.05) is 0 Å². The Bertz CT molecular complexity index is 864. The Hall–Kier alpha value is -3.01. The van der Waals surface area contributed by atoms with Crippen LogP contribution in [0.15, 0.2) is 30.5 Å². The highest BCUT2D eigenvalue weighted by Crippen LogP contribution is 2.29. The maximum Gasteiger partial charge on any atom is 0.256 e. The van der Waals surface area contributed by atoms with E-state index in [-0.39, 0.29) is 18.2 Å². The molecule has 0 aromatic carbocycles. The molecule has 10 nitrogen and oxygen atoms in total. The van der Waals surface area contributed by atoms with E-state index in [0.717, 1.165) is 0 Å². The summed E-state index contributed by atoms with van der Waals surface area (Å²) >= 11 is 0. The number of hydrogen-bond donors (Lipinski definition) is 1. The minimum atomic E-state index is -1.21. The van der Waals surface area contributed by atoms with Crippen molar-refractivity contribution in [2.24, 2.45) is 0 Å². The van der Waals surface area contributed by atoms with Crippen molar-refractivity contribution in [1.29, 1.82) is 0 Å². The number of imidazole rings is 1. The van der Waals surface area contributed by atoms with E-state index < -0.39 is 35.7 Å². The van der Waals surface area contributed by atoms with Crippen molar-refractivity contribution >= 4 is 23.4 Å². The first kappa shape index (κ1) is 19.3. The molecule has 3 atom stereocenters. The van der Waals surface area contributed by atoms with Gasteiger partial charge in [0, 0.05) is 37.7 Å². The normalized spacial score (nSPS) is 26.7. The van der Waals surface area contributed by atoms with E-state index in [9.17, 15) is 19.2 Å². The van der Waals surface area contributed by atoms with E-state index in [1.165, 1.54) is 11.1 Å². The molecule has 0 saturated carbocycles. The van der Waals surface area contributed by atoms with Crippen molar-refractivity contribution in [3.05, 3.63) is 30.5 Å². The standard InChI is InChI=1S/C19H23N5O5/c1-12-3-8-29-14-10-23-9-13(16(25)17(26)15(23)19(28)24(12)14)18(27)21-4-2-6-22-7-5-20-11-22/h5,7,9,11-12,14-15H,2-4,6,8,10H2,1H3,(H,21,27)/t12-,14+,15?/m1/s1. The van der Waals surface area contributed by atoms with Crippen LogP contribution in [0.3, 0.4) is 0 Å². The first-order valence-electron chi connectivity index (χ1n) is 9.71. The molecule has 3 aliphatic heterocycles. The molecule has 2 amide bonds. The molecule has 29 heavy (non-hydrogen) atoms. The molecule has 0 radical (unpaired) electrons. The summed E-state index contributed by atoms with van der Waals surface area (Å²) in [6.07, 6.45) is 7.34. The summed E-state index contributed by atoms with van der Waals surface area (Å²) in [5.74, 6) is -2.84. The lowest BCUT2D eigenvalue weighted by Gasteiger charge is -2.49. The molecule has 0 aliphatic carbocycles. The topological polar surface area (TPSA) is 114 Å². The lowest BCUT2D eigenvalue weighted by atomic mass is 9.92. The molecular weight excluding hydrogens is 378 g/mol. The Morgan fingerprint density at radius 2 is 2.17 bits per heavy atom. The van der Waals surface area contributed by atoms with Crippen molar-refractivity contribution in [1.82, 2.24) is 24.7 Å². The Morgan fingerprint density at radius 1 is 1.34 bits per heavy atom. The second kappa shape index (κ2) is 7.78. The summed E-state index contributed by atoms with van der Waals surface area (Å²) in [5.41, 5.74) is -0.237. The number of ketones is 2. The van der Waals surface area contributed by atoms with E-state index in [4.69, 9.17) is 4.74 Å². The van der Waals surface area contributed by atoms with Crippen molar-refractivity contribution in [2.75, 3.05) is 19.7 Å². The number of fused-ring (bicyclic) bond motifs is 2. The fourth-order valence-corrected chi connectivity index (χ4v) is 3.96. The van der Waals surface area contributed by atoms with Gasteiger partial charge in [-0.25, -0.2) is 4.98 Å². The van der Waals surface area contributed by atoms with Crippen molar-refractivity contribution in [3.8, 4) is 0 Å². The monoisotopic (exact) mass is 401 g/mol. The van der Waals surface area contributed by atoms with Crippen molar-refractivity contribution in [3.63, 3.8) is 0 Å². The lowest BCUT2D eigenvalue weighted by Crippen LogP contribution is -2.69. The van der Waals surface area contributed by atoms with Gasteiger partial charge in [0.15, 0.2) is 6.04 Å². The number of carbonyl (C=O) groups excluding carboxylic acids is 4. The molecule has 1 N–H and O–H groups in total. The molecule has 2 fully saturated rings. The molecule has 0 spiro atoms. The van der Waals surface area contributed by atoms with E-state index >= 15 is 0 Å². The number of nitrogens with one attached hydrogen (secondary N) is 1. The number of amides is 2. The van der Waals surface area contributed by atoms with Gasteiger partial charge in [0.25, 0.3) is 11.8 Å². The number of rotatable bonds is 5. The average Bonchev–Trinajstić information content (AvgIpc) is 3.21. The molecule has 2 saturated heterocycles. The first-order chi connectivity index (χ1) is 14.0. The molecule has 1 aromatic heterocycles. The van der Waals surface area contributed by atoms with Crippen LogP contribution in [-0.4, -0.2) is 80.7 Å². The highest BCUT2D eigenvalue weighted by Gasteiger charge is 2.51. The van der Waals surface area contributed by atoms with Crippen molar-refractivity contribution < 1.29 is 23.9 Å². The van der Waals surface area contributed by atoms with E-state index in [2.05, 4.69) is 10.3 Å². The number of Topliss-reactive ketones (excluding diaryl/α,β-unsaturated/α-hetero) is 2. The number of carbonyl (C=O) groups is 4. The third-order valence-corrected chi connectivity index (χ3v) is 5.51. The van der Waals surface area contributed by atoms with Gasteiger partial charge in [-0.2, -0.15) is 0 Å². The number of aryl methyl sites for hydroxylation is 1. The number of nitrogens with zero attached hydrogens (tertiary/aromatic N) is 4. The molecule has 4 heterocycles. The van der Waals surface area contributed by atoms with Crippen LogP contribution in [0.1, 0.15) is 19.8 Å². The van der Waals surface area contributed by atoms with Gasteiger partial charge in [-0.05, 0) is 19.8 Å². The highest BCUT2D eigenvalue weighted by atomic mass is 16.5. The predicted octanol–water partition coefficient (Wildman–Crippen LogP) is -0.927. The zero-order valence-electron chi connectivity index (χ0n) is 16.1. The van der Waals surface area contributed by atoms with Crippen LogP contribution in [0.4, 0.5) is 0 Å². The fourth-order valence-electron chi connectivity index (χ4n) is 3.96. The third kappa shape index (κ3) is 3.55. The lowest BCUT2D eigenvalue weighted by molar-refractivity contribution is -0.185. The van der Waals surface area contributed by atoms with Crippen LogP contribution in [-0.2, 0) is 30.5 Å². The summed E-state index contributed by atoms with van der Waals surface area (Å²) in [5, 5.41) is 2.67. The number of hydrogen-bond acceptors (Lipinski definition) is 7. The smallest absolute Gasteiger partial charge is 0.256 e. The largest absolute Gasteiger partial charge is 0.356 e. The van der Waals surface area contributed by atoms with Crippen LogP contribution in [0.2, 0.25) is 0 Å². The van der Waals surface area contributed by atoms with Gasteiger partial charge < -0.3 is 24.4 Å². The van der Waals surface area contributed by atoms with Gasteiger partial charge >= 0.3 is 0 Å². The van der Waals surface area contributed by atoms with Gasteiger partial charge in [-0.3, -0.25) is 19.2 Å². The average molecular weight is 401 g/mol. The number of piperazine rings is 1. The first-order valence-corrected chi connectivity index (χ1v) is 9.71. The maximum atomic E-state index is 12.9. The molecule has 1 aromatic rings.